The minimum Gasteiger partial charge on any atom is -0.310 e. The van der Waals surface area contributed by atoms with Gasteiger partial charge in [-0.25, -0.2) is 5.43 Å². The summed E-state index contributed by atoms with van der Waals surface area (Å²) >= 11 is 0. The second-order valence-corrected chi connectivity index (χ2v) is 4.52. The van der Waals surface area contributed by atoms with Crippen LogP contribution in [0.1, 0.15) is 6.42 Å². The van der Waals surface area contributed by atoms with Gasteiger partial charge in [0.25, 0.3) is 0 Å². The number of carbonyl (C=O) groups is 1. The standard InChI is InChI=1S/C13H11N3O/c17-8-2-1-7-5-11-9(10(7)6-8)3-4-12-13(11)15-16-14-12/h1-3,5-6,12,14-16H,4H2. The van der Waals surface area contributed by atoms with Gasteiger partial charge in [0.05, 0.1) is 11.7 Å². The Bertz CT molecular complexity index is 590. The largest absolute Gasteiger partial charge is 0.310 e. The SMILES string of the molecule is O=C1C=CC2=CC3=C4NNNC4CC=C3C2=C1. The highest BCUT2D eigenvalue weighted by atomic mass is 16.1. The minimum atomic E-state index is 0.0713. The Morgan fingerprint density at radius 1 is 1.18 bits per heavy atom. The van der Waals surface area contributed by atoms with Crippen molar-refractivity contribution in [3.63, 3.8) is 0 Å². The molecule has 0 aromatic heterocycles. The number of carbonyl (C=O) groups excluding carboxylic acids is 1. The van der Waals surface area contributed by atoms with Crippen molar-refractivity contribution in [3.8, 4) is 0 Å². The summed E-state index contributed by atoms with van der Waals surface area (Å²) in [5, 5.41) is 0. The van der Waals surface area contributed by atoms with Gasteiger partial charge in [0.15, 0.2) is 5.78 Å². The Labute approximate surface area is 98.4 Å². The molecule has 1 atom stereocenters. The van der Waals surface area contributed by atoms with E-state index in [9.17, 15) is 4.79 Å². The zero-order valence-corrected chi connectivity index (χ0v) is 9.08. The third kappa shape index (κ3) is 1.16. The lowest BCUT2D eigenvalue weighted by molar-refractivity contribution is -0.110. The quantitative estimate of drug-likeness (QED) is 0.564. The third-order valence-corrected chi connectivity index (χ3v) is 3.54. The molecule has 84 valence electrons. The van der Waals surface area contributed by atoms with Crippen LogP contribution in [0.4, 0.5) is 0 Å². The second kappa shape index (κ2) is 3.06. The first-order valence-electron chi connectivity index (χ1n) is 5.70. The normalized spacial score (nSPS) is 29.1. The molecule has 4 heteroatoms. The van der Waals surface area contributed by atoms with Crippen LogP contribution in [0.5, 0.6) is 0 Å². The van der Waals surface area contributed by atoms with Gasteiger partial charge in [0, 0.05) is 5.57 Å². The van der Waals surface area contributed by atoms with E-state index in [-0.39, 0.29) is 5.78 Å². The highest BCUT2D eigenvalue weighted by molar-refractivity contribution is 6.04. The molecule has 0 aromatic rings. The van der Waals surface area contributed by atoms with Crippen molar-refractivity contribution in [2.75, 3.05) is 0 Å². The Hall–Kier alpha value is -1.91. The van der Waals surface area contributed by atoms with E-state index in [1.165, 1.54) is 16.8 Å². The number of hydrogen-bond acceptors (Lipinski definition) is 4. The molecule has 3 N–H and O–H groups in total. The fraction of sp³-hybridized carbons (Fsp3) is 0.154. The summed E-state index contributed by atoms with van der Waals surface area (Å²) in [6, 6.07) is 0.311. The summed E-state index contributed by atoms with van der Waals surface area (Å²) in [5.41, 5.74) is 15.0. The van der Waals surface area contributed by atoms with Crippen LogP contribution in [0.15, 0.2) is 58.4 Å². The lowest BCUT2D eigenvalue weighted by Crippen LogP contribution is -2.33. The molecule has 1 aliphatic heterocycles. The Kier molecular flexibility index (Phi) is 1.65. The van der Waals surface area contributed by atoms with Crippen LogP contribution in [0.25, 0.3) is 0 Å². The molecule has 0 saturated carbocycles. The van der Waals surface area contributed by atoms with E-state index in [4.69, 9.17) is 0 Å². The number of ketones is 1. The first-order valence-corrected chi connectivity index (χ1v) is 5.70. The van der Waals surface area contributed by atoms with E-state index < -0.39 is 0 Å². The molecule has 0 amide bonds. The molecule has 4 rings (SSSR count). The molecular weight excluding hydrogens is 214 g/mol. The monoisotopic (exact) mass is 225 g/mol. The summed E-state index contributed by atoms with van der Waals surface area (Å²) < 4.78 is 0. The van der Waals surface area contributed by atoms with Crippen LogP contribution in [-0.4, -0.2) is 11.8 Å². The van der Waals surface area contributed by atoms with E-state index in [0.717, 1.165) is 17.6 Å². The van der Waals surface area contributed by atoms with Crippen molar-refractivity contribution < 1.29 is 4.79 Å². The van der Waals surface area contributed by atoms with Crippen molar-refractivity contribution in [2.45, 2.75) is 12.5 Å². The molecule has 4 nitrogen and oxygen atoms in total. The molecule has 0 spiro atoms. The number of allylic oxidation sites excluding steroid dienone is 8. The Morgan fingerprint density at radius 3 is 3.06 bits per heavy atom. The van der Waals surface area contributed by atoms with Gasteiger partial charge in [-0.2, -0.15) is 5.53 Å². The fourth-order valence-electron chi connectivity index (χ4n) is 2.73. The zero-order chi connectivity index (χ0) is 11.4. The molecule has 0 radical (unpaired) electrons. The predicted octanol–water partition coefficient (Wildman–Crippen LogP) is 0.557. The number of fused-ring (bicyclic) bond motifs is 4. The van der Waals surface area contributed by atoms with Gasteiger partial charge in [-0.1, -0.05) is 12.2 Å². The van der Waals surface area contributed by atoms with E-state index in [2.05, 4.69) is 28.5 Å². The van der Waals surface area contributed by atoms with Gasteiger partial charge >= 0.3 is 0 Å². The molecule has 0 aromatic carbocycles. The number of rotatable bonds is 0. The number of nitrogens with one attached hydrogen (secondary N) is 3. The van der Waals surface area contributed by atoms with Crippen LogP contribution in [0, 0.1) is 0 Å². The minimum absolute atomic E-state index is 0.0713. The Morgan fingerprint density at radius 2 is 2.12 bits per heavy atom. The number of hydrazine groups is 2. The third-order valence-electron chi connectivity index (χ3n) is 3.54. The summed E-state index contributed by atoms with van der Waals surface area (Å²) in [5.74, 6) is 0.0713. The van der Waals surface area contributed by atoms with Gasteiger partial charge in [0.1, 0.15) is 0 Å². The summed E-state index contributed by atoms with van der Waals surface area (Å²) in [6.07, 6.45) is 10.5. The van der Waals surface area contributed by atoms with E-state index in [1.54, 1.807) is 12.2 Å². The molecule has 0 bridgehead atoms. The van der Waals surface area contributed by atoms with Crippen molar-refractivity contribution in [1.82, 2.24) is 16.4 Å². The zero-order valence-electron chi connectivity index (χ0n) is 9.08. The average Bonchev–Trinajstić information content (AvgIpc) is 2.91. The highest BCUT2D eigenvalue weighted by Gasteiger charge is 2.33. The molecule has 1 unspecified atom stereocenters. The number of hydrogen-bond donors (Lipinski definition) is 3. The van der Waals surface area contributed by atoms with Crippen LogP contribution in [0.3, 0.4) is 0 Å². The predicted molar refractivity (Wildman–Crippen MR) is 63.2 cm³/mol. The molecule has 1 heterocycles. The summed E-state index contributed by atoms with van der Waals surface area (Å²) in [6.45, 7) is 0. The van der Waals surface area contributed by atoms with Crippen LogP contribution in [0.2, 0.25) is 0 Å². The Balaban J connectivity index is 1.91. The molecule has 17 heavy (non-hydrogen) atoms. The van der Waals surface area contributed by atoms with Gasteiger partial charge in [0.2, 0.25) is 0 Å². The van der Waals surface area contributed by atoms with E-state index >= 15 is 0 Å². The maximum absolute atomic E-state index is 11.4. The summed E-state index contributed by atoms with van der Waals surface area (Å²) in [4.78, 5) is 11.4. The van der Waals surface area contributed by atoms with Gasteiger partial charge in [-0.05, 0) is 41.4 Å². The smallest absolute Gasteiger partial charge is 0.179 e. The first kappa shape index (κ1) is 9.15. The molecule has 1 fully saturated rings. The van der Waals surface area contributed by atoms with Crippen molar-refractivity contribution in [2.24, 2.45) is 0 Å². The van der Waals surface area contributed by atoms with Gasteiger partial charge < -0.3 is 5.43 Å². The topological polar surface area (TPSA) is 53.2 Å². The van der Waals surface area contributed by atoms with Crippen molar-refractivity contribution >= 4 is 5.78 Å². The molecule has 4 aliphatic rings. The maximum atomic E-state index is 11.4. The maximum Gasteiger partial charge on any atom is 0.179 e. The highest BCUT2D eigenvalue weighted by Crippen LogP contribution is 2.42. The first-order chi connectivity index (χ1) is 8.33. The van der Waals surface area contributed by atoms with E-state index in [0.29, 0.717) is 6.04 Å². The molecule has 3 aliphatic carbocycles. The lowest BCUT2D eigenvalue weighted by atomic mass is 9.90. The van der Waals surface area contributed by atoms with Crippen molar-refractivity contribution in [1.29, 1.82) is 0 Å². The van der Waals surface area contributed by atoms with Gasteiger partial charge in [-0.3, -0.25) is 4.79 Å². The fourth-order valence-corrected chi connectivity index (χ4v) is 2.73. The van der Waals surface area contributed by atoms with Crippen LogP contribution < -0.4 is 16.4 Å². The summed E-state index contributed by atoms with van der Waals surface area (Å²) in [7, 11) is 0. The van der Waals surface area contributed by atoms with Gasteiger partial charge in [-0.15, -0.1) is 0 Å². The molecule has 1 saturated heterocycles. The van der Waals surface area contributed by atoms with Crippen LogP contribution in [-0.2, 0) is 4.79 Å². The second-order valence-electron chi connectivity index (χ2n) is 4.52. The lowest BCUT2D eigenvalue weighted by Gasteiger charge is -2.18. The van der Waals surface area contributed by atoms with E-state index in [1.807, 2.05) is 6.08 Å². The average molecular weight is 225 g/mol. The van der Waals surface area contributed by atoms with Crippen molar-refractivity contribution in [3.05, 3.63) is 58.4 Å². The van der Waals surface area contributed by atoms with Crippen LogP contribution >= 0.6 is 0 Å². The molecular formula is C13H11N3O.